The van der Waals surface area contributed by atoms with E-state index in [0.29, 0.717) is 24.2 Å². The predicted octanol–water partition coefficient (Wildman–Crippen LogP) is -0.0797. The van der Waals surface area contributed by atoms with E-state index in [1.165, 1.54) is 0 Å². The summed E-state index contributed by atoms with van der Waals surface area (Å²) in [6, 6.07) is 5.75. The van der Waals surface area contributed by atoms with Gasteiger partial charge in [-0.1, -0.05) is 12.1 Å². The molecule has 0 aliphatic heterocycles. The number of aliphatic hydroxyl groups is 2. The van der Waals surface area contributed by atoms with Gasteiger partial charge in [0.2, 0.25) is 0 Å². The highest BCUT2D eigenvalue weighted by Crippen LogP contribution is 2.20. The Bertz CT molecular complexity index is 367. The molecule has 0 bridgehead atoms. The van der Waals surface area contributed by atoms with Gasteiger partial charge in [0.15, 0.2) is 0 Å². The molecule has 0 heterocycles. The van der Waals surface area contributed by atoms with Crippen LogP contribution in [0.1, 0.15) is 18.1 Å². The van der Waals surface area contributed by atoms with Gasteiger partial charge in [0.25, 0.3) is 0 Å². The molecule has 0 radical (unpaired) electrons. The maximum Gasteiger partial charge on any atom is 0.316 e. The van der Waals surface area contributed by atoms with Gasteiger partial charge < -0.3 is 27.0 Å². The number of primary amides is 1. The number of nitrogens with one attached hydrogen (secondary N) is 1. The third kappa shape index (κ3) is 4.03. The standard InChI is InChI=1S/C11H17N3O3/c12-6-5-9(15)10(16)7-1-3-8(4-2-7)14-11(13)17/h1-4,9-10,15-16H,5-6,12H2,(H3,13,14,17). The van der Waals surface area contributed by atoms with E-state index in [9.17, 15) is 15.0 Å². The summed E-state index contributed by atoms with van der Waals surface area (Å²) >= 11 is 0. The summed E-state index contributed by atoms with van der Waals surface area (Å²) in [6.45, 7) is 0.305. The summed E-state index contributed by atoms with van der Waals surface area (Å²) in [5.74, 6) is 0. The van der Waals surface area contributed by atoms with E-state index in [1.54, 1.807) is 24.3 Å². The molecule has 94 valence electrons. The molecule has 0 fully saturated rings. The predicted molar refractivity (Wildman–Crippen MR) is 64.3 cm³/mol. The summed E-state index contributed by atoms with van der Waals surface area (Å²) in [7, 11) is 0. The van der Waals surface area contributed by atoms with Gasteiger partial charge in [-0.3, -0.25) is 0 Å². The SMILES string of the molecule is NCCC(O)C(O)c1ccc(NC(N)=O)cc1. The fourth-order valence-electron chi connectivity index (χ4n) is 1.46. The molecule has 0 aliphatic rings. The largest absolute Gasteiger partial charge is 0.390 e. The van der Waals surface area contributed by atoms with Crippen LogP contribution in [0.3, 0.4) is 0 Å². The summed E-state index contributed by atoms with van der Waals surface area (Å²) in [4.78, 5) is 10.6. The minimum atomic E-state index is -0.985. The number of benzene rings is 1. The maximum atomic E-state index is 10.6. The average molecular weight is 239 g/mol. The summed E-state index contributed by atoms with van der Waals surface area (Å²) in [5, 5.41) is 21.7. The van der Waals surface area contributed by atoms with Crippen LogP contribution in [0.25, 0.3) is 0 Å². The lowest BCUT2D eigenvalue weighted by Gasteiger charge is -2.17. The molecule has 0 spiro atoms. The fraction of sp³-hybridized carbons (Fsp3) is 0.364. The van der Waals surface area contributed by atoms with E-state index in [0.717, 1.165) is 0 Å². The number of hydrogen-bond donors (Lipinski definition) is 5. The van der Waals surface area contributed by atoms with Crippen LogP contribution in [0, 0.1) is 0 Å². The molecule has 2 unspecified atom stereocenters. The van der Waals surface area contributed by atoms with Crippen LogP contribution >= 0.6 is 0 Å². The number of aliphatic hydroxyl groups excluding tert-OH is 2. The highest BCUT2D eigenvalue weighted by molar-refractivity contribution is 5.87. The Morgan fingerprint density at radius 3 is 2.35 bits per heavy atom. The molecule has 17 heavy (non-hydrogen) atoms. The van der Waals surface area contributed by atoms with Gasteiger partial charge in [0, 0.05) is 5.69 Å². The third-order valence-electron chi connectivity index (χ3n) is 2.35. The molecule has 0 saturated heterocycles. The Balaban J connectivity index is 2.69. The monoisotopic (exact) mass is 239 g/mol. The molecule has 0 saturated carbocycles. The topological polar surface area (TPSA) is 122 Å². The first-order valence-electron chi connectivity index (χ1n) is 5.27. The van der Waals surface area contributed by atoms with Crippen molar-refractivity contribution < 1.29 is 15.0 Å². The number of rotatable bonds is 5. The van der Waals surface area contributed by atoms with E-state index in [-0.39, 0.29) is 0 Å². The molecule has 1 aromatic rings. The van der Waals surface area contributed by atoms with Crippen molar-refractivity contribution in [1.29, 1.82) is 0 Å². The molecule has 6 heteroatoms. The van der Waals surface area contributed by atoms with E-state index in [2.05, 4.69) is 5.32 Å². The van der Waals surface area contributed by atoms with Gasteiger partial charge in [0.1, 0.15) is 6.10 Å². The Morgan fingerprint density at radius 2 is 1.88 bits per heavy atom. The van der Waals surface area contributed by atoms with Gasteiger partial charge in [-0.2, -0.15) is 0 Å². The summed E-state index contributed by atoms with van der Waals surface area (Å²) in [5.41, 5.74) is 11.3. The highest BCUT2D eigenvalue weighted by atomic mass is 16.3. The third-order valence-corrected chi connectivity index (χ3v) is 2.35. The molecule has 0 aliphatic carbocycles. The quantitative estimate of drug-likeness (QED) is 0.493. The fourth-order valence-corrected chi connectivity index (χ4v) is 1.46. The molecule has 6 nitrogen and oxygen atoms in total. The van der Waals surface area contributed by atoms with Crippen LogP contribution in [0.2, 0.25) is 0 Å². The van der Waals surface area contributed by atoms with Gasteiger partial charge in [-0.15, -0.1) is 0 Å². The number of carbonyl (C=O) groups excluding carboxylic acids is 1. The zero-order chi connectivity index (χ0) is 12.8. The smallest absolute Gasteiger partial charge is 0.316 e. The van der Waals surface area contributed by atoms with Crippen molar-refractivity contribution in [3.8, 4) is 0 Å². The van der Waals surface area contributed by atoms with Crippen molar-refractivity contribution in [3.63, 3.8) is 0 Å². The van der Waals surface area contributed by atoms with Crippen molar-refractivity contribution in [2.24, 2.45) is 11.5 Å². The van der Waals surface area contributed by atoms with E-state index in [4.69, 9.17) is 11.5 Å². The van der Waals surface area contributed by atoms with Crippen molar-refractivity contribution in [3.05, 3.63) is 29.8 Å². The van der Waals surface area contributed by atoms with Crippen molar-refractivity contribution >= 4 is 11.7 Å². The summed E-state index contributed by atoms with van der Waals surface area (Å²) in [6.07, 6.45) is -1.56. The number of nitrogens with two attached hydrogens (primary N) is 2. The van der Waals surface area contributed by atoms with Gasteiger partial charge in [0.05, 0.1) is 6.10 Å². The van der Waals surface area contributed by atoms with Crippen LogP contribution in [-0.4, -0.2) is 28.9 Å². The van der Waals surface area contributed by atoms with Crippen LogP contribution in [0.15, 0.2) is 24.3 Å². The molecule has 2 atom stereocenters. The van der Waals surface area contributed by atoms with E-state index in [1.807, 2.05) is 0 Å². The average Bonchev–Trinajstić information content (AvgIpc) is 2.28. The normalized spacial score (nSPS) is 14.1. The number of carbonyl (C=O) groups is 1. The van der Waals surface area contributed by atoms with Crippen LogP contribution in [0.4, 0.5) is 10.5 Å². The first kappa shape index (κ1) is 13.4. The van der Waals surface area contributed by atoms with Gasteiger partial charge in [-0.25, -0.2) is 4.79 Å². The number of anilines is 1. The molecule has 1 aromatic carbocycles. The Labute approximate surface area is 99.2 Å². The number of hydrogen-bond acceptors (Lipinski definition) is 4. The Kier molecular flexibility index (Phi) is 4.89. The maximum absolute atomic E-state index is 10.6. The summed E-state index contributed by atoms with van der Waals surface area (Å²) < 4.78 is 0. The van der Waals surface area contributed by atoms with Crippen LogP contribution in [-0.2, 0) is 0 Å². The van der Waals surface area contributed by atoms with Gasteiger partial charge in [-0.05, 0) is 30.7 Å². The Hall–Kier alpha value is -1.63. The minimum Gasteiger partial charge on any atom is -0.390 e. The van der Waals surface area contributed by atoms with Crippen molar-refractivity contribution in [2.45, 2.75) is 18.6 Å². The molecule has 1 rings (SSSR count). The highest BCUT2D eigenvalue weighted by Gasteiger charge is 2.17. The second-order valence-electron chi connectivity index (χ2n) is 3.70. The first-order chi connectivity index (χ1) is 8.04. The zero-order valence-corrected chi connectivity index (χ0v) is 9.34. The number of urea groups is 1. The van der Waals surface area contributed by atoms with E-state index < -0.39 is 18.2 Å². The molecule has 2 amide bonds. The van der Waals surface area contributed by atoms with Crippen LogP contribution < -0.4 is 16.8 Å². The molecule has 7 N–H and O–H groups in total. The lowest BCUT2D eigenvalue weighted by molar-refractivity contribution is 0.0150. The lowest BCUT2D eigenvalue weighted by Crippen LogP contribution is -2.22. The Morgan fingerprint density at radius 1 is 1.29 bits per heavy atom. The molecular weight excluding hydrogens is 222 g/mol. The zero-order valence-electron chi connectivity index (χ0n) is 9.34. The van der Waals surface area contributed by atoms with E-state index >= 15 is 0 Å². The van der Waals surface area contributed by atoms with Gasteiger partial charge >= 0.3 is 6.03 Å². The molecular formula is C11H17N3O3. The minimum absolute atomic E-state index is 0.305. The van der Waals surface area contributed by atoms with Crippen molar-refractivity contribution in [2.75, 3.05) is 11.9 Å². The second-order valence-corrected chi connectivity index (χ2v) is 3.70. The number of amides is 2. The lowest BCUT2D eigenvalue weighted by atomic mass is 10.0. The second kappa shape index (κ2) is 6.19. The van der Waals surface area contributed by atoms with Crippen LogP contribution in [0.5, 0.6) is 0 Å². The first-order valence-corrected chi connectivity index (χ1v) is 5.27. The molecule has 0 aromatic heterocycles. The van der Waals surface area contributed by atoms with Crippen molar-refractivity contribution in [1.82, 2.24) is 0 Å².